The van der Waals surface area contributed by atoms with Crippen molar-refractivity contribution in [3.05, 3.63) is 113 Å². The molecule has 0 radical (unpaired) electrons. The average Bonchev–Trinajstić information content (AvgIpc) is 3.57. The highest BCUT2D eigenvalue weighted by molar-refractivity contribution is 5.87. The maximum absolute atomic E-state index is 13.4. The summed E-state index contributed by atoms with van der Waals surface area (Å²) in [5, 5.41) is 5.37. The van der Waals surface area contributed by atoms with Crippen LogP contribution < -0.4 is 9.47 Å². The van der Waals surface area contributed by atoms with Crippen LogP contribution in [0.1, 0.15) is 28.4 Å². The number of H-pyrrole nitrogens is 1. The summed E-state index contributed by atoms with van der Waals surface area (Å²) in [5.74, 6) is 0.657. The SMILES string of the molecule is Cc1ccc2[nH]c3c(c2c1)CCN(C(=O)Oc1ccc(F)cc1)C3c1ccc(OCCn2cccn2)cc1. The number of hydrogen-bond donors (Lipinski definition) is 1. The Labute approximate surface area is 219 Å². The van der Waals surface area contributed by atoms with E-state index in [-0.39, 0.29) is 11.9 Å². The second-order valence-electron chi connectivity index (χ2n) is 9.42. The van der Waals surface area contributed by atoms with Crippen molar-refractivity contribution in [1.82, 2.24) is 19.7 Å². The Kier molecular flexibility index (Phi) is 6.29. The number of aromatic amines is 1. The highest BCUT2D eigenvalue weighted by atomic mass is 19.1. The molecule has 0 saturated heterocycles. The summed E-state index contributed by atoms with van der Waals surface area (Å²) in [6.45, 7) is 3.71. The summed E-state index contributed by atoms with van der Waals surface area (Å²) in [7, 11) is 0. The topological polar surface area (TPSA) is 72.4 Å². The number of fused-ring (bicyclic) bond motifs is 3. The van der Waals surface area contributed by atoms with Crippen molar-refractivity contribution in [3.63, 3.8) is 0 Å². The van der Waals surface area contributed by atoms with Gasteiger partial charge in [-0.15, -0.1) is 0 Å². The molecule has 8 heteroatoms. The number of carbonyl (C=O) groups is 1. The largest absolute Gasteiger partial charge is 0.492 e. The van der Waals surface area contributed by atoms with Gasteiger partial charge < -0.3 is 14.5 Å². The van der Waals surface area contributed by atoms with E-state index in [0.29, 0.717) is 31.9 Å². The van der Waals surface area contributed by atoms with E-state index < -0.39 is 6.09 Å². The van der Waals surface area contributed by atoms with Gasteiger partial charge in [0.2, 0.25) is 0 Å². The van der Waals surface area contributed by atoms with Crippen LogP contribution in [0.4, 0.5) is 9.18 Å². The molecule has 0 bridgehead atoms. The summed E-state index contributed by atoms with van der Waals surface area (Å²) >= 11 is 0. The minimum atomic E-state index is -0.485. The maximum atomic E-state index is 13.4. The van der Waals surface area contributed by atoms with E-state index >= 15 is 0 Å². The molecule has 0 spiro atoms. The molecule has 5 aromatic rings. The van der Waals surface area contributed by atoms with Gasteiger partial charge in [0, 0.05) is 35.5 Å². The van der Waals surface area contributed by atoms with E-state index in [4.69, 9.17) is 9.47 Å². The van der Waals surface area contributed by atoms with Gasteiger partial charge in [-0.05, 0) is 79.1 Å². The van der Waals surface area contributed by atoms with Gasteiger partial charge in [-0.2, -0.15) is 5.10 Å². The van der Waals surface area contributed by atoms with Crippen molar-refractivity contribution in [2.24, 2.45) is 0 Å². The van der Waals surface area contributed by atoms with Gasteiger partial charge in [-0.25, -0.2) is 9.18 Å². The first-order chi connectivity index (χ1) is 18.5. The van der Waals surface area contributed by atoms with Gasteiger partial charge in [-0.3, -0.25) is 9.58 Å². The van der Waals surface area contributed by atoms with Gasteiger partial charge >= 0.3 is 6.09 Å². The third kappa shape index (κ3) is 4.72. The zero-order valence-corrected chi connectivity index (χ0v) is 20.9. The fraction of sp³-hybridized carbons (Fsp3) is 0.200. The quantitative estimate of drug-likeness (QED) is 0.302. The van der Waals surface area contributed by atoms with Crippen molar-refractivity contribution >= 4 is 17.0 Å². The third-order valence-electron chi connectivity index (χ3n) is 6.88. The van der Waals surface area contributed by atoms with Gasteiger partial charge in [0.25, 0.3) is 0 Å². The van der Waals surface area contributed by atoms with Crippen molar-refractivity contribution in [2.75, 3.05) is 13.2 Å². The van der Waals surface area contributed by atoms with E-state index in [1.54, 1.807) is 11.1 Å². The smallest absolute Gasteiger partial charge is 0.416 e. The zero-order valence-electron chi connectivity index (χ0n) is 20.9. The van der Waals surface area contributed by atoms with Gasteiger partial charge in [-0.1, -0.05) is 23.8 Å². The number of hydrogen-bond acceptors (Lipinski definition) is 4. The summed E-state index contributed by atoms with van der Waals surface area (Å²) in [4.78, 5) is 18.7. The van der Waals surface area contributed by atoms with E-state index in [1.807, 2.05) is 41.2 Å². The van der Waals surface area contributed by atoms with Gasteiger partial charge in [0.05, 0.1) is 6.54 Å². The summed E-state index contributed by atoms with van der Waals surface area (Å²) in [6, 6.07) is 21.1. The molecule has 1 unspecified atom stereocenters. The van der Waals surface area contributed by atoms with Crippen LogP contribution in [0.25, 0.3) is 10.9 Å². The maximum Gasteiger partial charge on any atom is 0.416 e. The Hall–Kier alpha value is -4.59. The lowest BCUT2D eigenvalue weighted by Gasteiger charge is -2.35. The first-order valence-corrected chi connectivity index (χ1v) is 12.6. The number of nitrogens with zero attached hydrogens (tertiary/aromatic N) is 3. The molecule has 192 valence electrons. The van der Waals surface area contributed by atoms with Crippen molar-refractivity contribution in [1.29, 1.82) is 0 Å². The van der Waals surface area contributed by atoms with Gasteiger partial charge in [0.1, 0.15) is 30.0 Å². The van der Waals surface area contributed by atoms with E-state index in [1.165, 1.54) is 40.8 Å². The van der Waals surface area contributed by atoms with Gasteiger partial charge in [0.15, 0.2) is 0 Å². The van der Waals surface area contributed by atoms with Crippen LogP contribution in [-0.4, -0.2) is 38.9 Å². The van der Waals surface area contributed by atoms with E-state index in [2.05, 4.69) is 35.2 Å². The second kappa shape index (κ2) is 10.0. The summed E-state index contributed by atoms with van der Waals surface area (Å²) in [5.41, 5.74) is 5.34. The van der Waals surface area contributed by atoms with Crippen LogP contribution in [0.3, 0.4) is 0 Å². The molecule has 1 atom stereocenters. The molecule has 6 rings (SSSR count). The minimum Gasteiger partial charge on any atom is -0.492 e. The molecule has 2 aromatic heterocycles. The lowest BCUT2D eigenvalue weighted by Crippen LogP contribution is -2.42. The molecule has 7 nitrogen and oxygen atoms in total. The third-order valence-corrected chi connectivity index (χ3v) is 6.88. The van der Waals surface area contributed by atoms with Crippen LogP contribution in [0.2, 0.25) is 0 Å². The van der Waals surface area contributed by atoms with Crippen LogP contribution in [0.5, 0.6) is 11.5 Å². The number of amides is 1. The summed E-state index contributed by atoms with van der Waals surface area (Å²) < 4.78 is 26.8. The van der Waals surface area contributed by atoms with Crippen molar-refractivity contribution in [2.45, 2.75) is 25.9 Å². The Balaban J connectivity index is 1.30. The number of carbonyl (C=O) groups excluding carboxylic acids is 1. The normalized spacial score (nSPS) is 14.9. The number of ether oxygens (including phenoxy) is 2. The molecule has 0 aliphatic carbocycles. The Bertz CT molecular complexity index is 1560. The monoisotopic (exact) mass is 510 g/mol. The summed E-state index contributed by atoms with van der Waals surface area (Å²) in [6.07, 6.45) is 3.85. The molecule has 1 aliphatic heterocycles. The van der Waals surface area contributed by atoms with Crippen molar-refractivity contribution in [3.8, 4) is 11.5 Å². The van der Waals surface area contributed by atoms with Crippen LogP contribution in [-0.2, 0) is 13.0 Å². The Morgan fingerprint density at radius 2 is 1.87 bits per heavy atom. The molecular weight excluding hydrogens is 483 g/mol. The number of halogens is 1. The zero-order chi connectivity index (χ0) is 26.1. The molecule has 0 fully saturated rings. The Morgan fingerprint density at radius 1 is 1.08 bits per heavy atom. The fourth-order valence-corrected chi connectivity index (χ4v) is 5.04. The number of aromatic nitrogens is 3. The highest BCUT2D eigenvalue weighted by Crippen LogP contribution is 2.39. The molecule has 1 N–H and O–H groups in total. The standard InChI is InChI=1S/C30H27FN4O3/c1-20-3-12-27-26(19-20)25-13-16-35(30(36)38-24-10-6-22(31)7-11-24)29(28(25)33-27)21-4-8-23(9-5-21)37-18-17-34-15-2-14-32-34/h2-12,14-15,19,29,33H,13,16-18H2,1H3. The molecule has 1 amide bonds. The molecule has 1 aliphatic rings. The number of aryl methyl sites for hydroxylation is 1. The van der Waals surface area contributed by atoms with E-state index in [0.717, 1.165) is 22.5 Å². The molecular formula is C30H27FN4O3. The van der Waals surface area contributed by atoms with Crippen molar-refractivity contribution < 1.29 is 18.7 Å². The van der Waals surface area contributed by atoms with Crippen LogP contribution in [0, 0.1) is 12.7 Å². The molecule has 3 heterocycles. The highest BCUT2D eigenvalue weighted by Gasteiger charge is 2.35. The number of nitrogens with one attached hydrogen (secondary N) is 1. The second-order valence-corrected chi connectivity index (χ2v) is 9.42. The number of benzene rings is 3. The lowest BCUT2D eigenvalue weighted by molar-refractivity contribution is 0.135. The van der Waals surface area contributed by atoms with Crippen LogP contribution in [0.15, 0.2) is 85.2 Å². The first kappa shape index (κ1) is 23.8. The Morgan fingerprint density at radius 3 is 2.63 bits per heavy atom. The molecule has 0 saturated carbocycles. The average molecular weight is 511 g/mol. The fourth-order valence-electron chi connectivity index (χ4n) is 5.04. The minimum absolute atomic E-state index is 0.300. The molecule has 3 aromatic carbocycles. The van der Waals surface area contributed by atoms with Crippen LogP contribution >= 0.6 is 0 Å². The number of rotatable bonds is 6. The predicted molar refractivity (Wildman–Crippen MR) is 142 cm³/mol. The van der Waals surface area contributed by atoms with E-state index in [9.17, 15) is 9.18 Å². The lowest BCUT2D eigenvalue weighted by atomic mass is 9.92. The predicted octanol–water partition coefficient (Wildman–Crippen LogP) is 6.04. The first-order valence-electron chi connectivity index (χ1n) is 12.6. The molecule has 38 heavy (non-hydrogen) atoms.